The molecule has 4 rings (SSSR count). The zero-order chi connectivity index (χ0) is 21.1. The van der Waals surface area contributed by atoms with Crippen LogP contribution in [0.1, 0.15) is 24.0 Å². The maximum Gasteiger partial charge on any atom is 0.233 e. The highest BCUT2D eigenvalue weighted by molar-refractivity contribution is 7.99. The minimum absolute atomic E-state index is 0.0164. The van der Waals surface area contributed by atoms with Gasteiger partial charge in [-0.1, -0.05) is 36.0 Å². The lowest BCUT2D eigenvalue weighted by atomic mass is 9.75. The number of piperidine rings is 1. The van der Waals surface area contributed by atoms with E-state index in [1.165, 1.54) is 17.8 Å². The van der Waals surface area contributed by atoms with Gasteiger partial charge in [-0.05, 0) is 55.5 Å². The zero-order valence-corrected chi connectivity index (χ0v) is 17.8. The van der Waals surface area contributed by atoms with Crippen LogP contribution in [0.25, 0.3) is 11.0 Å². The van der Waals surface area contributed by atoms with E-state index in [0.717, 1.165) is 34.6 Å². The minimum atomic E-state index is -0.502. The van der Waals surface area contributed by atoms with Crippen LogP contribution in [0.4, 0.5) is 4.39 Å². The Hall–Kier alpha value is -2.38. The van der Waals surface area contributed by atoms with Gasteiger partial charge in [0.2, 0.25) is 5.91 Å². The molecular formula is C23H26FN3O2S. The molecule has 0 radical (unpaired) electrons. The second-order valence-electron chi connectivity index (χ2n) is 8.20. The number of amides is 1. The number of nitrogens with zero attached hydrogens (tertiary/aromatic N) is 2. The summed E-state index contributed by atoms with van der Waals surface area (Å²) in [6, 6.07) is 12.7. The van der Waals surface area contributed by atoms with E-state index in [9.17, 15) is 14.3 Å². The molecule has 3 aromatic rings. The second-order valence-corrected chi connectivity index (χ2v) is 9.16. The van der Waals surface area contributed by atoms with E-state index in [-0.39, 0.29) is 24.1 Å². The van der Waals surface area contributed by atoms with Crippen LogP contribution in [-0.2, 0) is 11.2 Å². The van der Waals surface area contributed by atoms with Crippen LogP contribution in [0.15, 0.2) is 47.6 Å². The molecule has 0 saturated carbocycles. The minimum Gasteiger partial charge on any atom is -0.396 e. The molecule has 30 heavy (non-hydrogen) atoms. The van der Waals surface area contributed by atoms with Crippen LogP contribution < -0.4 is 0 Å². The van der Waals surface area contributed by atoms with E-state index in [4.69, 9.17) is 0 Å². The summed E-state index contributed by atoms with van der Waals surface area (Å²) >= 11 is 1.39. The quantitative estimate of drug-likeness (QED) is 0.585. The summed E-state index contributed by atoms with van der Waals surface area (Å²) < 4.78 is 14.2. The van der Waals surface area contributed by atoms with Crippen LogP contribution in [0.3, 0.4) is 0 Å². The Labute approximate surface area is 179 Å². The summed E-state index contributed by atoms with van der Waals surface area (Å²) in [5.41, 5.74) is 3.09. The molecule has 1 saturated heterocycles. The molecule has 2 aromatic carbocycles. The van der Waals surface area contributed by atoms with Crippen molar-refractivity contribution in [2.75, 3.05) is 25.4 Å². The van der Waals surface area contributed by atoms with Gasteiger partial charge in [0.05, 0.1) is 23.4 Å². The lowest BCUT2D eigenvalue weighted by Gasteiger charge is -2.42. The number of rotatable bonds is 6. The number of fused-ring (bicyclic) bond motifs is 1. The number of imidazole rings is 1. The van der Waals surface area contributed by atoms with Gasteiger partial charge in [-0.2, -0.15) is 0 Å². The van der Waals surface area contributed by atoms with Crippen LogP contribution in [0.2, 0.25) is 0 Å². The molecule has 1 aliphatic heterocycles. The molecule has 2 heterocycles. The molecule has 1 atom stereocenters. The van der Waals surface area contributed by atoms with Gasteiger partial charge in [-0.15, -0.1) is 0 Å². The fraction of sp³-hybridized carbons (Fsp3) is 0.391. The van der Waals surface area contributed by atoms with E-state index < -0.39 is 5.41 Å². The Balaban J connectivity index is 1.41. The summed E-state index contributed by atoms with van der Waals surface area (Å²) in [5, 5.41) is 10.8. The first-order valence-corrected chi connectivity index (χ1v) is 11.2. The number of benzene rings is 2. The lowest BCUT2D eigenvalue weighted by molar-refractivity contribution is -0.132. The van der Waals surface area contributed by atoms with Gasteiger partial charge in [-0.3, -0.25) is 4.79 Å². The summed E-state index contributed by atoms with van der Waals surface area (Å²) in [4.78, 5) is 22.5. The third-order valence-electron chi connectivity index (χ3n) is 5.82. The van der Waals surface area contributed by atoms with Gasteiger partial charge in [0, 0.05) is 18.5 Å². The maximum atomic E-state index is 14.2. The van der Waals surface area contributed by atoms with Gasteiger partial charge in [-0.25, -0.2) is 9.37 Å². The Morgan fingerprint density at radius 2 is 2.17 bits per heavy atom. The zero-order valence-electron chi connectivity index (χ0n) is 17.0. The Kier molecular flexibility index (Phi) is 6.11. The number of hydrogen-bond acceptors (Lipinski definition) is 4. The molecule has 1 aliphatic rings. The molecular weight excluding hydrogens is 401 g/mol. The summed E-state index contributed by atoms with van der Waals surface area (Å²) in [7, 11) is 0. The van der Waals surface area contributed by atoms with E-state index in [0.29, 0.717) is 25.1 Å². The van der Waals surface area contributed by atoms with Crippen molar-refractivity contribution >= 4 is 28.7 Å². The van der Waals surface area contributed by atoms with Crippen LogP contribution >= 0.6 is 11.8 Å². The van der Waals surface area contributed by atoms with Crippen molar-refractivity contribution in [2.24, 2.45) is 5.41 Å². The van der Waals surface area contributed by atoms with Gasteiger partial charge >= 0.3 is 0 Å². The highest BCUT2D eigenvalue weighted by atomic mass is 32.2. The molecule has 0 bridgehead atoms. The number of aliphatic hydroxyl groups is 1. The Morgan fingerprint density at radius 1 is 1.33 bits per heavy atom. The molecule has 5 nitrogen and oxygen atoms in total. The van der Waals surface area contributed by atoms with E-state index in [2.05, 4.69) is 9.97 Å². The first-order chi connectivity index (χ1) is 14.5. The highest BCUT2D eigenvalue weighted by Gasteiger charge is 2.37. The van der Waals surface area contributed by atoms with Crippen molar-refractivity contribution in [3.63, 3.8) is 0 Å². The summed E-state index contributed by atoms with van der Waals surface area (Å²) in [6.45, 7) is 3.07. The molecule has 1 amide bonds. The normalized spacial score (nSPS) is 19.4. The molecule has 2 N–H and O–H groups in total. The number of aryl methyl sites for hydroxylation is 1. The highest BCUT2D eigenvalue weighted by Crippen LogP contribution is 2.34. The Bertz CT molecular complexity index is 1050. The third kappa shape index (κ3) is 4.52. The summed E-state index contributed by atoms with van der Waals surface area (Å²) in [5.74, 6) is 0.0344. The lowest BCUT2D eigenvalue weighted by Crippen LogP contribution is -2.49. The number of aliphatic hydroxyl groups excluding tert-OH is 1. The predicted molar refractivity (Wildman–Crippen MR) is 117 cm³/mol. The fourth-order valence-corrected chi connectivity index (χ4v) is 4.97. The number of hydrogen-bond donors (Lipinski definition) is 2. The predicted octanol–water partition coefficient (Wildman–Crippen LogP) is 3.95. The van der Waals surface area contributed by atoms with Crippen LogP contribution in [0, 0.1) is 18.2 Å². The smallest absolute Gasteiger partial charge is 0.233 e. The SMILES string of the molecule is Cc1ccc2nc(SCC(=O)N3CCCC(CO)(Cc4ccccc4F)C3)[nH]c2c1. The number of nitrogens with one attached hydrogen (secondary N) is 1. The van der Waals surface area contributed by atoms with Gasteiger partial charge < -0.3 is 15.0 Å². The third-order valence-corrected chi connectivity index (χ3v) is 6.68. The fourth-order valence-electron chi connectivity index (χ4n) is 4.19. The van der Waals surface area contributed by atoms with E-state index in [1.807, 2.05) is 25.1 Å². The maximum absolute atomic E-state index is 14.2. The van der Waals surface area contributed by atoms with Gasteiger partial charge in [0.15, 0.2) is 5.16 Å². The van der Waals surface area contributed by atoms with Crippen molar-refractivity contribution < 1.29 is 14.3 Å². The number of thioether (sulfide) groups is 1. The average molecular weight is 428 g/mol. The molecule has 0 spiro atoms. The molecule has 0 aliphatic carbocycles. The second kappa shape index (κ2) is 8.78. The number of halogens is 1. The molecule has 1 aromatic heterocycles. The standard InChI is InChI=1S/C23H26FN3O2S/c1-16-7-8-19-20(11-16)26-22(25-19)30-13-21(29)27-10-4-9-23(14-27,15-28)12-17-5-2-3-6-18(17)24/h2-3,5-8,11,28H,4,9-10,12-15H2,1H3,(H,25,26). The summed E-state index contributed by atoms with van der Waals surface area (Å²) in [6.07, 6.45) is 2.00. The first-order valence-electron chi connectivity index (χ1n) is 10.2. The van der Waals surface area contributed by atoms with Crippen LogP contribution in [-0.4, -0.2) is 51.3 Å². The first kappa shape index (κ1) is 20.9. The molecule has 1 fully saturated rings. The largest absolute Gasteiger partial charge is 0.396 e. The van der Waals surface area contributed by atoms with E-state index >= 15 is 0 Å². The number of carbonyl (C=O) groups excluding carboxylic acids is 1. The van der Waals surface area contributed by atoms with Gasteiger partial charge in [0.25, 0.3) is 0 Å². The monoisotopic (exact) mass is 427 g/mol. The number of aromatic nitrogens is 2. The van der Waals surface area contributed by atoms with Crippen molar-refractivity contribution in [1.29, 1.82) is 0 Å². The Morgan fingerprint density at radius 3 is 2.97 bits per heavy atom. The number of likely N-dealkylation sites (tertiary alicyclic amines) is 1. The van der Waals surface area contributed by atoms with Crippen molar-refractivity contribution in [3.05, 3.63) is 59.4 Å². The number of carbonyl (C=O) groups is 1. The topological polar surface area (TPSA) is 69.2 Å². The molecule has 7 heteroatoms. The molecule has 158 valence electrons. The van der Waals surface area contributed by atoms with Crippen molar-refractivity contribution in [2.45, 2.75) is 31.3 Å². The van der Waals surface area contributed by atoms with Gasteiger partial charge in [0.1, 0.15) is 5.82 Å². The molecule has 1 unspecified atom stereocenters. The van der Waals surface area contributed by atoms with Crippen molar-refractivity contribution in [3.8, 4) is 0 Å². The van der Waals surface area contributed by atoms with Crippen molar-refractivity contribution in [1.82, 2.24) is 14.9 Å². The number of aromatic amines is 1. The number of H-pyrrole nitrogens is 1. The average Bonchev–Trinajstić information content (AvgIpc) is 3.16. The van der Waals surface area contributed by atoms with E-state index in [1.54, 1.807) is 23.1 Å². The van der Waals surface area contributed by atoms with Crippen LogP contribution in [0.5, 0.6) is 0 Å².